The van der Waals surface area contributed by atoms with Crippen LogP contribution in [-0.2, 0) is 6.61 Å². The van der Waals surface area contributed by atoms with Crippen LogP contribution in [0.5, 0.6) is 5.88 Å². The average molecular weight is 256 g/mol. The maximum atomic E-state index is 5.68. The van der Waals surface area contributed by atoms with Crippen LogP contribution in [0.1, 0.15) is 10.6 Å². The topological polar surface area (TPSA) is 35.0 Å². The second-order valence-electron chi connectivity index (χ2n) is 3.98. The van der Waals surface area contributed by atoms with Crippen LogP contribution < -0.4 is 4.74 Å². The van der Waals surface area contributed by atoms with E-state index in [2.05, 4.69) is 9.97 Å². The first-order valence-electron chi connectivity index (χ1n) is 5.72. The summed E-state index contributed by atoms with van der Waals surface area (Å²) in [6.07, 6.45) is 0. The number of pyridine rings is 1. The van der Waals surface area contributed by atoms with Crippen LogP contribution in [-0.4, -0.2) is 9.97 Å². The summed E-state index contributed by atoms with van der Waals surface area (Å²) in [7, 11) is 0. The van der Waals surface area contributed by atoms with E-state index in [9.17, 15) is 0 Å². The highest BCUT2D eigenvalue weighted by Gasteiger charge is 2.04. The van der Waals surface area contributed by atoms with E-state index in [1.54, 1.807) is 11.3 Å². The Kier molecular flexibility index (Phi) is 2.94. The fourth-order valence-corrected chi connectivity index (χ4v) is 2.50. The maximum absolute atomic E-state index is 5.68. The molecule has 0 saturated carbocycles. The Morgan fingerprint density at radius 3 is 2.72 bits per heavy atom. The van der Waals surface area contributed by atoms with Gasteiger partial charge >= 0.3 is 0 Å². The molecule has 0 N–H and O–H groups in total. The van der Waals surface area contributed by atoms with Crippen molar-refractivity contribution in [1.82, 2.24) is 9.97 Å². The van der Waals surface area contributed by atoms with Crippen LogP contribution in [0, 0.1) is 6.92 Å². The highest BCUT2D eigenvalue weighted by molar-refractivity contribution is 7.18. The van der Waals surface area contributed by atoms with Gasteiger partial charge in [0.05, 0.1) is 5.01 Å². The predicted molar refractivity (Wildman–Crippen MR) is 72.9 cm³/mol. The minimum Gasteiger partial charge on any atom is -0.473 e. The number of thiazole rings is 1. The lowest BCUT2D eigenvalue weighted by Crippen LogP contribution is -1.96. The van der Waals surface area contributed by atoms with Gasteiger partial charge in [-0.3, -0.25) is 0 Å². The Balaban J connectivity index is 1.78. The fourth-order valence-electron chi connectivity index (χ4n) is 1.72. The molecule has 0 aliphatic heterocycles. The fraction of sp³-hybridized carbons (Fsp3) is 0.143. The van der Waals surface area contributed by atoms with Gasteiger partial charge in [0.2, 0.25) is 5.88 Å². The number of benzene rings is 1. The van der Waals surface area contributed by atoms with Crippen molar-refractivity contribution in [3.63, 3.8) is 0 Å². The second-order valence-corrected chi connectivity index (χ2v) is 5.16. The zero-order valence-electron chi connectivity index (χ0n) is 9.96. The number of rotatable bonds is 3. The molecular formula is C14H12N2OS. The van der Waals surface area contributed by atoms with Crippen LogP contribution in [0.25, 0.3) is 10.3 Å². The van der Waals surface area contributed by atoms with Gasteiger partial charge in [0, 0.05) is 6.07 Å². The zero-order valence-corrected chi connectivity index (χ0v) is 10.8. The number of aryl methyl sites for hydroxylation is 1. The van der Waals surface area contributed by atoms with Gasteiger partial charge in [-0.2, -0.15) is 0 Å². The second kappa shape index (κ2) is 4.74. The molecule has 4 heteroatoms. The molecule has 0 amide bonds. The van der Waals surface area contributed by atoms with E-state index in [4.69, 9.17) is 4.74 Å². The number of aromatic nitrogens is 2. The Hall–Kier alpha value is -1.94. The quantitative estimate of drug-likeness (QED) is 0.718. The Morgan fingerprint density at radius 1 is 1.06 bits per heavy atom. The molecule has 1 aromatic carbocycles. The number of hydrogen-bond acceptors (Lipinski definition) is 4. The van der Waals surface area contributed by atoms with E-state index in [-0.39, 0.29) is 0 Å². The molecule has 0 unspecified atom stereocenters. The number of ether oxygens (including phenoxy) is 1. The van der Waals surface area contributed by atoms with Gasteiger partial charge in [-0.15, -0.1) is 0 Å². The van der Waals surface area contributed by atoms with E-state index in [1.807, 2.05) is 49.4 Å². The summed E-state index contributed by atoms with van der Waals surface area (Å²) in [5, 5.41) is 1.03. The number of fused-ring (bicyclic) bond motifs is 1. The Bertz CT molecular complexity index is 664. The van der Waals surface area contributed by atoms with Crippen LogP contribution in [0.4, 0.5) is 0 Å². The molecule has 18 heavy (non-hydrogen) atoms. The van der Waals surface area contributed by atoms with Crippen molar-refractivity contribution in [3.05, 3.63) is 53.0 Å². The molecule has 0 radical (unpaired) electrons. The largest absolute Gasteiger partial charge is 0.473 e. The smallest absolute Gasteiger partial charge is 0.215 e. The van der Waals surface area contributed by atoms with E-state index in [1.165, 1.54) is 0 Å². The summed E-state index contributed by atoms with van der Waals surface area (Å²) in [5.41, 5.74) is 2.07. The molecule has 3 rings (SSSR count). The monoisotopic (exact) mass is 256 g/mol. The summed E-state index contributed by atoms with van der Waals surface area (Å²) in [5.74, 6) is 0.648. The standard InChI is InChI=1S/C14H12N2OS/c1-10-15-12-7-8-13(16-14(12)18-10)17-9-11-5-3-2-4-6-11/h2-8H,9H2,1H3. The van der Waals surface area contributed by atoms with Gasteiger partial charge in [-0.1, -0.05) is 41.7 Å². The summed E-state index contributed by atoms with van der Waals surface area (Å²) in [6, 6.07) is 13.9. The van der Waals surface area contributed by atoms with E-state index in [0.29, 0.717) is 12.5 Å². The number of nitrogens with zero attached hydrogens (tertiary/aromatic N) is 2. The summed E-state index contributed by atoms with van der Waals surface area (Å²) in [4.78, 5) is 9.75. The molecule has 3 aromatic rings. The van der Waals surface area contributed by atoms with Crippen molar-refractivity contribution in [1.29, 1.82) is 0 Å². The summed E-state index contributed by atoms with van der Waals surface area (Å²) >= 11 is 1.59. The van der Waals surface area contributed by atoms with Crippen LogP contribution in [0.15, 0.2) is 42.5 Å². The Labute approximate surface area is 109 Å². The zero-order chi connectivity index (χ0) is 12.4. The molecule has 2 heterocycles. The highest BCUT2D eigenvalue weighted by Crippen LogP contribution is 2.22. The lowest BCUT2D eigenvalue weighted by atomic mass is 10.2. The lowest BCUT2D eigenvalue weighted by Gasteiger charge is -2.04. The molecule has 0 aliphatic rings. The van der Waals surface area contributed by atoms with E-state index >= 15 is 0 Å². The SMILES string of the molecule is Cc1nc2ccc(OCc3ccccc3)nc2s1. The molecule has 2 aromatic heterocycles. The molecule has 3 nitrogen and oxygen atoms in total. The van der Waals surface area contributed by atoms with Crippen LogP contribution in [0.2, 0.25) is 0 Å². The lowest BCUT2D eigenvalue weighted by molar-refractivity contribution is 0.295. The average Bonchev–Trinajstić information content (AvgIpc) is 2.77. The van der Waals surface area contributed by atoms with Crippen LogP contribution >= 0.6 is 11.3 Å². The summed E-state index contributed by atoms with van der Waals surface area (Å²) < 4.78 is 5.68. The molecule has 90 valence electrons. The minimum absolute atomic E-state index is 0.539. The minimum atomic E-state index is 0.539. The molecule has 0 saturated heterocycles. The molecule has 0 atom stereocenters. The van der Waals surface area contributed by atoms with Crippen molar-refractivity contribution in [2.24, 2.45) is 0 Å². The van der Waals surface area contributed by atoms with Gasteiger partial charge in [0.25, 0.3) is 0 Å². The van der Waals surface area contributed by atoms with Gasteiger partial charge in [0.1, 0.15) is 17.0 Å². The third kappa shape index (κ3) is 2.33. The van der Waals surface area contributed by atoms with Crippen LogP contribution in [0.3, 0.4) is 0 Å². The first kappa shape index (κ1) is 11.2. The van der Waals surface area contributed by atoms with Gasteiger partial charge in [-0.05, 0) is 18.6 Å². The van der Waals surface area contributed by atoms with Crippen molar-refractivity contribution < 1.29 is 4.74 Å². The third-order valence-electron chi connectivity index (χ3n) is 2.57. The third-order valence-corrected chi connectivity index (χ3v) is 3.45. The van der Waals surface area contributed by atoms with Crippen molar-refractivity contribution in [2.75, 3.05) is 0 Å². The van der Waals surface area contributed by atoms with Gasteiger partial charge in [0.15, 0.2) is 0 Å². The first-order chi connectivity index (χ1) is 8.81. The summed E-state index contributed by atoms with van der Waals surface area (Å²) in [6.45, 7) is 2.52. The molecule has 0 fully saturated rings. The van der Waals surface area contributed by atoms with Gasteiger partial charge < -0.3 is 4.74 Å². The van der Waals surface area contributed by atoms with Crippen molar-refractivity contribution in [3.8, 4) is 5.88 Å². The number of hydrogen-bond donors (Lipinski definition) is 0. The Morgan fingerprint density at radius 2 is 1.89 bits per heavy atom. The predicted octanol–water partition coefficient (Wildman–Crippen LogP) is 3.58. The molecular weight excluding hydrogens is 244 g/mol. The highest BCUT2D eigenvalue weighted by atomic mass is 32.1. The molecule has 0 spiro atoms. The maximum Gasteiger partial charge on any atom is 0.215 e. The van der Waals surface area contributed by atoms with E-state index in [0.717, 1.165) is 20.9 Å². The normalized spacial score (nSPS) is 10.7. The molecule has 0 aliphatic carbocycles. The van der Waals surface area contributed by atoms with Gasteiger partial charge in [-0.25, -0.2) is 9.97 Å². The molecule has 0 bridgehead atoms. The van der Waals surface area contributed by atoms with Crippen molar-refractivity contribution >= 4 is 21.7 Å². The first-order valence-corrected chi connectivity index (χ1v) is 6.54. The van der Waals surface area contributed by atoms with Crippen molar-refractivity contribution in [2.45, 2.75) is 13.5 Å². The van der Waals surface area contributed by atoms with E-state index < -0.39 is 0 Å².